The summed E-state index contributed by atoms with van der Waals surface area (Å²) in [6, 6.07) is 1.95. The van der Waals surface area contributed by atoms with Crippen LogP contribution in [0.5, 0.6) is 0 Å². The minimum atomic E-state index is 0.0492. The maximum Gasteiger partial charge on any atom is 0.135 e. The minimum absolute atomic E-state index is 0.0492. The van der Waals surface area contributed by atoms with Crippen LogP contribution in [-0.2, 0) is 0 Å². The van der Waals surface area contributed by atoms with Gasteiger partial charge in [-0.05, 0) is 20.3 Å². The molecule has 0 radical (unpaired) electrons. The van der Waals surface area contributed by atoms with Crippen LogP contribution in [0.2, 0.25) is 0 Å². The summed E-state index contributed by atoms with van der Waals surface area (Å²) in [5.74, 6) is 2.94. The van der Waals surface area contributed by atoms with Crippen molar-refractivity contribution < 1.29 is 0 Å². The Morgan fingerprint density at radius 1 is 1.24 bits per heavy atom. The van der Waals surface area contributed by atoms with E-state index < -0.39 is 0 Å². The van der Waals surface area contributed by atoms with Crippen molar-refractivity contribution in [2.75, 3.05) is 17.7 Å². The largest absolute Gasteiger partial charge is 0.373 e. The maximum absolute atomic E-state index is 4.55. The number of hydrogen-bond donors (Lipinski definition) is 2. The highest BCUT2D eigenvalue weighted by Gasteiger charge is 2.16. The molecule has 0 bridgehead atoms. The van der Waals surface area contributed by atoms with E-state index >= 15 is 0 Å². The number of rotatable bonds is 5. The van der Waals surface area contributed by atoms with Gasteiger partial charge in [-0.15, -0.1) is 0 Å². The molecule has 0 fully saturated rings. The van der Waals surface area contributed by atoms with Gasteiger partial charge >= 0.3 is 0 Å². The fourth-order valence-corrected chi connectivity index (χ4v) is 1.35. The van der Waals surface area contributed by atoms with Crippen LogP contribution in [0.25, 0.3) is 0 Å². The van der Waals surface area contributed by atoms with E-state index in [0.29, 0.717) is 5.92 Å². The zero-order valence-corrected chi connectivity index (χ0v) is 11.8. The summed E-state index contributed by atoms with van der Waals surface area (Å²) >= 11 is 0. The first-order valence-electron chi connectivity index (χ1n) is 6.23. The first kappa shape index (κ1) is 13.7. The zero-order chi connectivity index (χ0) is 13.1. The predicted molar refractivity (Wildman–Crippen MR) is 73.7 cm³/mol. The lowest BCUT2D eigenvalue weighted by Gasteiger charge is -2.25. The Labute approximate surface area is 104 Å². The number of hydrogen-bond acceptors (Lipinski definition) is 4. The molecular weight excluding hydrogens is 212 g/mol. The molecular formula is C13H24N4. The van der Waals surface area contributed by atoms with E-state index in [0.717, 1.165) is 23.9 Å². The lowest BCUT2D eigenvalue weighted by atomic mass is 10.0. The average molecular weight is 236 g/mol. The highest BCUT2D eigenvalue weighted by Crippen LogP contribution is 2.21. The highest BCUT2D eigenvalue weighted by atomic mass is 15.1. The summed E-state index contributed by atoms with van der Waals surface area (Å²) in [7, 11) is 1.88. The number of nitrogens with one attached hydrogen (secondary N) is 2. The normalized spacial score (nSPS) is 11.7. The van der Waals surface area contributed by atoms with Crippen molar-refractivity contribution >= 4 is 11.6 Å². The van der Waals surface area contributed by atoms with Gasteiger partial charge < -0.3 is 10.6 Å². The van der Waals surface area contributed by atoms with Crippen LogP contribution in [0.1, 0.15) is 52.8 Å². The van der Waals surface area contributed by atoms with E-state index in [4.69, 9.17) is 0 Å². The van der Waals surface area contributed by atoms with Crippen molar-refractivity contribution in [3.63, 3.8) is 0 Å². The van der Waals surface area contributed by atoms with Gasteiger partial charge in [-0.1, -0.05) is 20.8 Å². The molecule has 17 heavy (non-hydrogen) atoms. The Morgan fingerprint density at radius 3 is 2.29 bits per heavy atom. The second kappa shape index (κ2) is 5.34. The molecule has 0 aliphatic carbocycles. The molecule has 0 saturated heterocycles. The summed E-state index contributed by atoms with van der Waals surface area (Å²) in [5.41, 5.74) is 0.0492. The first-order chi connectivity index (χ1) is 7.88. The molecule has 0 atom stereocenters. The van der Waals surface area contributed by atoms with Gasteiger partial charge in [0.05, 0.1) is 0 Å². The predicted octanol–water partition coefficient (Wildman–Crippen LogP) is 3.24. The lowest BCUT2D eigenvalue weighted by molar-refractivity contribution is 0.544. The van der Waals surface area contributed by atoms with E-state index in [1.165, 1.54) is 0 Å². The van der Waals surface area contributed by atoms with Crippen LogP contribution < -0.4 is 10.6 Å². The highest BCUT2D eigenvalue weighted by molar-refractivity contribution is 5.48. The fraction of sp³-hybridized carbons (Fsp3) is 0.692. The van der Waals surface area contributed by atoms with Crippen molar-refractivity contribution in [1.82, 2.24) is 9.97 Å². The molecule has 4 heteroatoms. The molecule has 2 N–H and O–H groups in total. The molecule has 0 unspecified atom stereocenters. The van der Waals surface area contributed by atoms with Crippen LogP contribution in [0, 0.1) is 0 Å². The summed E-state index contributed by atoms with van der Waals surface area (Å²) in [6.45, 7) is 10.7. The first-order valence-corrected chi connectivity index (χ1v) is 6.23. The smallest absolute Gasteiger partial charge is 0.135 e. The van der Waals surface area contributed by atoms with Crippen molar-refractivity contribution in [3.8, 4) is 0 Å². The van der Waals surface area contributed by atoms with Gasteiger partial charge in [0.15, 0.2) is 0 Å². The van der Waals surface area contributed by atoms with Gasteiger partial charge in [0.25, 0.3) is 0 Å². The molecule has 0 saturated carbocycles. The van der Waals surface area contributed by atoms with Crippen molar-refractivity contribution in [2.24, 2.45) is 0 Å². The Bertz CT molecular complexity index is 372. The summed E-state index contributed by atoms with van der Waals surface area (Å²) in [4.78, 5) is 9.00. The summed E-state index contributed by atoms with van der Waals surface area (Å²) in [5, 5.41) is 6.52. The third-order valence-corrected chi connectivity index (χ3v) is 2.87. The molecule has 1 heterocycles. The molecule has 0 aromatic carbocycles. The van der Waals surface area contributed by atoms with Gasteiger partial charge in [-0.25, -0.2) is 9.97 Å². The molecule has 0 spiro atoms. The third-order valence-electron chi connectivity index (χ3n) is 2.87. The second-order valence-corrected chi connectivity index (χ2v) is 5.26. The molecule has 0 aliphatic rings. The van der Waals surface area contributed by atoms with Crippen molar-refractivity contribution in [3.05, 3.63) is 11.9 Å². The van der Waals surface area contributed by atoms with Crippen LogP contribution in [-0.4, -0.2) is 22.6 Å². The van der Waals surface area contributed by atoms with Crippen molar-refractivity contribution in [1.29, 1.82) is 0 Å². The average Bonchev–Trinajstić information content (AvgIpc) is 2.28. The van der Waals surface area contributed by atoms with Crippen LogP contribution in [0.15, 0.2) is 6.07 Å². The molecule has 96 valence electrons. The summed E-state index contributed by atoms with van der Waals surface area (Å²) in [6.07, 6.45) is 1.04. The zero-order valence-electron chi connectivity index (χ0n) is 11.8. The van der Waals surface area contributed by atoms with Crippen LogP contribution >= 0.6 is 0 Å². The van der Waals surface area contributed by atoms with Gasteiger partial charge in [0.1, 0.15) is 17.5 Å². The van der Waals surface area contributed by atoms with Gasteiger partial charge in [0, 0.05) is 24.6 Å². The minimum Gasteiger partial charge on any atom is -0.373 e. The Morgan fingerprint density at radius 2 is 1.82 bits per heavy atom. The Kier molecular flexibility index (Phi) is 4.32. The lowest BCUT2D eigenvalue weighted by Crippen LogP contribution is -2.30. The SMILES string of the molecule is CCC(C)(C)Nc1cc(NC)nc(C(C)C)n1. The van der Waals surface area contributed by atoms with Crippen LogP contribution in [0.4, 0.5) is 11.6 Å². The Hall–Kier alpha value is -1.32. The van der Waals surface area contributed by atoms with Crippen molar-refractivity contribution in [2.45, 2.75) is 52.5 Å². The molecule has 0 amide bonds. The topological polar surface area (TPSA) is 49.8 Å². The van der Waals surface area contributed by atoms with E-state index in [1.54, 1.807) is 0 Å². The monoisotopic (exact) mass is 236 g/mol. The quantitative estimate of drug-likeness (QED) is 0.824. The van der Waals surface area contributed by atoms with E-state index in [2.05, 4.69) is 55.2 Å². The molecule has 4 nitrogen and oxygen atoms in total. The van der Waals surface area contributed by atoms with E-state index in [1.807, 2.05) is 13.1 Å². The molecule has 1 aromatic heterocycles. The number of nitrogens with zero attached hydrogens (tertiary/aromatic N) is 2. The van der Waals surface area contributed by atoms with Gasteiger partial charge in [-0.2, -0.15) is 0 Å². The summed E-state index contributed by atoms with van der Waals surface area (Å²) < 4.78 is 0. The fourth-order valence-electron chi connectivity index (χ4n) is 1.35. The number of anilines is 2. The molecule has 0 aliphatic heterocycles. The third kappa shape index (κ3) is 3.88. The van der Waals surface area contributed by atoms with Crippen LogP contribution in [0.3, 0.4) is 0 Å². The van der Waals surface area contributed by atoms with E-state index in [9.17, 15) is 0 Å². The molecule has 1 rings (SSSR count). The second-order valence-electron chi connectivity index (χ2n) is 5.26. The Balaban J connectivity index is 3.03. The molecule has 1 aromatic rings. The maximum atomic E-state index is 4.55. The standard InChI is InChI=1S/C13H24N4/c1-7-13(4,5)17-11-8-10(14-6)15-12(16-11)9(2)3/h8-9H,7H2,1-6H3,(H2,14,15,16,17). The van der Waals surface area contributed by atoms with E-state index in [-0.39, 0.29) is 5.54 Å². The van der Waals surface area contributed by atoms with Gasteiger partial charge in [0.2, 0.25) is 0 Å². The number of aromatic nitrogens is 2. The van der Waals surface area contributed by atoms with Gasteiger partial charge in [-0.3, -0.25) is 0 Å².